The van der Waals surface area contributed by atoms with Crippen LogP contribution in [0.25, 0.3) is 0 Å². The zero-order valence-corrected chi connectivity index (χ0v) is 13.4. The molecule has 1 aromatic heterocycles. The van der Waals surface area contributed by atoms with Crippen LogP contribution in [0, 0.1) is 11.8 Å². The van der Waals surface area contributed by atoms with Gasteiger partial charge in [0.1, 0.15) is 0 Å². The SMILES string of the molecule is c1ncn(C2CCCCC2)c1CN1C[C@@H]2[C@H](C1)[C@H]1CC[C@@H]2O1. The Labute approximate surface area is 132 Å². The fourth-order valence-electron chi connectivity index (χ4n) is 5.55. The molecule has 4 fully saturated rings. The molecule has 0 N–H and O–H groups in total. The Balaban J connectivity index is 1.28. The summed E-state index contributed by atoms with van der Waals surface area (Å²) in [5.41, 5.74) is 1.43. The van der Waals surface area contributed by atoms with E-state index in [1.54, 1.807) is 0 Å². The van der Waals surface area contributed by atoms with Crippen LogP contribution in [0.2, 0.25) is 0 Å². The summed E-state index contributed by atoms with van der Waals surface area (Å²) in [6.07, 6.45) is 14.8. The minimum absolute atomic E-state index is 0.572. The van der Waals surface area contributed by atoms with Crippen LogP contribution in [-0.2, 0) is 11.3 Å². The maximum Gasteiger partial charge on any atom is 0.0951 e. The van der Waals surface area contributed by atoms with E-state index in [-0.39, 0.29) is 0 Å². The highest BCUT2D eigenvalue weighted by atomic mass is 16.5. The maximum atomic E-state index is 6.10. The average molecular weight is 301 g/mol. The van der Waals surface area contributed by atoms with E-state index in [4.69, 9.17) is 4.74 Å². The number of hydrogen-bond acceptors (Lipinski definition) is 3. The zero-order valence-electron chi connectivity index (χ0n) is 13.4. The highest BCUT2D eigenvalue weighted by molar-refractivity contribution is 5.06. The van der Waals surface area contributed by atoms with Crippen molar-refractivity contribution >= 4 is 0 Å². The lowest BCUT2D eigenvalue weighted by atomic mass is 9.82. The van der Waals surface area contributed by atoms with Crippen LogP contribution in [0.1, 0.15) is 56.7 Å². The fourth-order valence-corrected chi connectivity index (χ4v) is 5.55. The van der Waals surface area contributed by atoms with Crippen molar-refractivity contribution < 1.29 is 4.74 Å². The van der Waals surface area contributed by atoms with Gasteiger partial charge in [0.25, 0.3) is 0 Å². The predicted molar refractivity (Wildman–Crippen MR) is 84.5 cm³/mol. The van der Waals surface area contributed by atoms with Gasteiger partial charge >= 0.3 is 0 Å². The monoisotopic (exact) mass is 301 g/mol. The van der Waals surface area contributed by atoms with E-state index in [1.165, 1.54) is 63.7 Å². The molecule has 5 rings (SSSR count). The molecule has 4 heteroatoms. The van der Waals surface area contributed by atoms with Crippen LogP contribution in [0.4, 0.5) is 0 Å². The number of nitrogens with zero attached hydrogens (tertiary/aromatic N) is 3. The molecule has 0 amide bonds. The second-order valence-corrected chi connectivity index (χ2v) is 7.90. The van der Waals surface area contributed by atoms with Gasteiger partial charge in [0.05, 0.1) is 24.2 Å². The van der Waals surface area contributed by atoms with Crippen LogP contribution in [0.3, 0.4) is 0 Å². The zero-order chi connectivity index (χ0) is 14.5. The van der Waals surface area contributed by atoms with E-state index in [0.29, 0.717) is 18.2 Å². The summed E-state index contributed by atoms with van der Waals surface area (Å²) in [4.78, 5) is 7.13. The standard InChI is InChI=1S/C18H27N3O/c1-2-4-13(5-3-1)21-12-19-8-14(21)9-20-10-15-16(11-20)18-7-6-17(15)22-18/h8,12-13,15-18H,1-7,9-11H2/t15-,16+,17+,18-. The Hall–Kier alpha value is -0.870. The molecular formula is C18H27N3O. The normalized spacial score (nSPS) is 38.7. The number of fused-ring (bicyclic) bond motifs is 5. The van der Waals surface area contributed by atoms with E-state index >= 15 is 0 Å². The predicted octanol–water partition coefficient (Wildman–Crippen LogP) is 3.00. The summed E-state index contributed by atoms with van der Waals surface area (Å²) in [6, 6.07) is 0.702. The lowest BCUT2D eigenvalue weighted by Gasteiger charge is -2.26. The first-order chi connectivity index (χ1) is 10.9. The molecule has 3 aliphatic heterocycles. The molecule has 0 unspecified atom stereocenters. The van der Waals surface area contributed by atoms with Gasteiger partial charge in [-0.3, -0.25) is 4.90 Å². The minimum atomic E-state index is 0.572. The molecular weight excluding hydrogens is 274 g/mol. The minimum Gasteiger partial charge on any atom is -0.374 e. The van der Waals surface area contributed by atoms with Crippen molar-refractivity contribution in [3.8, 4) is 0 Å². The van der Waals surface area contributed by atoms with E-state index in [9.17, 15) is 0 Å². The second kappa shape index (κ2) is 5.34. The van der Waals surface area contributed by atoms with E-state index in [0.717, 1.165) is 18.4 Å². The molecule has 2 bridgehead atoms. The van der Waals surface area contributed by atoms with Crippen LogP contribution in [0.15, 0.2) is 12.5 Å². The van der Waals surface area contributed by atoms with Gasteiger partial charge < -0.3 is 9.30 Å². The number of imidazole rings is 1. The maximum absolute atomic E-state index is 6.10. The summed E-state index contributed by atoms with van der Waals surface area (Å²) in [5.74, 6) is 1.62. The van der Waals surface area contributed by atoms with Crippen molar-refractivity contribution in [2.45, 2.75) is 69.7 Å². The first-order valence-electron chi connectivity index (χ1n) is 9.27. The number of ether oxygens (including phenoxy) is 1. The number of likely N-dealkylation sites (tertiary alicyclic amines) is 1. The summed E-state index contributed by atoms with van der Waals surface area (Å²) in [6.45, 7) is 3.56. The third-order valence-corrected chi connectivity index (χ3v) is 6.63. The smallest absolute Gasteiger partial charge is 0.0951 e. The van der Waals surface area contributed by atoms with Crippen molar-refractivity contribution in [3.05, 3.63) is 18.2 Å². The highest BCUT2D eigenvalue weighted by Crippen LogP contribution is 2.47. The molecule has 4 heterocycles. The summed E-state index contributed by atoms with van der Waals surface area (Å²) >= 11 is 0. The summed E-state index contributed by atoms with van der Waals surface area (Å²) in [5, 5.41) is 0. The molecule has 4 nitrogen and oxygen atoms in total. The van der Waals surface area contributed by atoms with E-state index < -0.39 is 0 Å². The molecule has 1 aliphatic carbocycles. The van der Waals surface area contributed by atoms with Crippen LogP contribution in [-0.4, -0.2) is 39.7 Å². The Kier molecular flexibility index (Phi) is 3.29. The molecule has 0 spiro atoms. The van der Waals surface area contributed by atoms with E-state index in [2.05, 4.69) is 27.0 Å². The second-order valence-electron chi connectivity index (χ2n) is 7.90. The lowest BCUT2D eigenvalue weighted by molar-refractivity contribution is 0.0693. The topological polar surface area (TPSA) is 30.3 Å². The quantitative estimate of drug-likeness (QED) is 0.860. The van der Waals surface area contributed by atoms with Gasteiger partial charge in [-0.15, -0.1) is 0 Å². The summed E-state index contributed by atoms with van der Waals surface area (Å²) < 4.78 is 8.58. The molecule has 3 saturated heterocycles. The molecule has 4 aliphatic rings. The summed E-state index contributed by atoms with van der Waals surface area (Å²) in [7, 11) is 0. The van der Waals surface area contributed by atoms with Crippen molar-refractivity contribution in [3.63, 3.8) is 0 Å². The Bertz CT molecular complexity index is 518. The van der Waals surface area contributed by atoms with Crippen LogP contribution in [0.5, 0.6) is 0 Å². The number of rotatable bonds is 3. The highest BCUT2D eigenvalue weighted by Gasteiger charge is 2.52. The molecule has 22 heavy (non-hydrogen) atoms. The molecule has 120 valence electrons. The first-order valence-corrected chi connectivity index (χ1v) is 9.27. The molecule has 4 atom stereocenters. The van der Waals surface area contributed by atoms with Gasteiger partial charge in [0, 0.05) is 43.7 Å². The Morgan fingerprint density at radius 3 is 2.45 bits per heavy atom. The fraction of sp³-hybridized carbons (Fsp3) is 0.833. The Morgan fingerprint density at radius 1 is 1.00 bits per heavy atom. The van der Waals surface area contributed by atoms with Gasteiger partial charge in [-0.1, -0.05) is 19.3 Å². The number of hydrogen-bond donors (Lipinski definition) is 0. The van der Waals surface area contributed by atoms with Crippen molar-refractivity contribution in [1.29, 1.82) is 0 Å². The lowest BCUT2D eigenvalue weighted by Crippen LogP contribution is -2.26. The first kappa shape index (κ1) is 13.6. The molecule has 0 aromatic carbocycles. The van der Waals surface area contributed by atoms with Crippen molar-refractivity contribution in [1.82, 2.24) is 14.5 Å². The molecule has 0 radical (unpaired) electrons. The largest absolute Gasteiger partial charge is 0.374 e. The van der Waals surface area contributed by atoms with Gasteiger partial charge in [0.15, 0.2) is 0 Å². The van der Waals surface area contributed by atoms with Gasteiger partial charge in [0.2, 0.25) is 0 Å². The van der Waals surface area contributed by atoms with Gasteiger partial charge in [-0.25, -0.2) is 4.98 Å². The van der Waals surface area contributed by atoms with Gasteiger partial charge in [-0.05, 0) is 25.7 Å². The van der Waals surface area contributed by atoms with Gasteiger partial charge in [-0.2, -0.15) is 0 Å². The van der Waals surface area contributed by atoms with Crippen LogP contribution < -0.4 is 0 Å². The van der Waals surface area contributed by atoms with Crippen molar-refractivity contribution in [2.24, 2.45) is 11.8 Å². The Morgan fingerprint density at radius 2 is 1.73 bits per heavy atom. The van der Waals surface area contributed by atoms with E-state index in [1.807, 2.05) is 0 Å². The third-order valence-electron chi connectivity index (χ3n) is 6.63. The van der Waals surface area contributed by atoms with Crippen LogP contribution >= 0.6 is 0 Å². The van der Waals surface area contributed by atoms with Crippen molar-refractivity contribution in [2.75, 3.05) is 13.1 Å². The average Bonchev–Trinajstić information content (AvgIpc) is 3.30. The number of aromatic nitrogens is 2. The molecule has 1 aromatic rings. The third kappa shape index (κ3) is 2.15. The molecule has 1 saturated carbocycles.